The average molecular weight is 220 g/mol. The molecule has 0 saturated heterocycles. The fraction of sp³-hybridized carbons (Fsp3) is 0.857. The second-order valence-electron chi connectivity index (χ2n) is 2.99. The molecule has 0 aromatic heterocycles. The summed E-state index contributed by atoms with van der Waals surface area (Å²) < 4.78 is 1.97. The summed E-state index contributed by atoms with van der Waals surface area (Å²) in [5.74, 6) is 0.580. The third kappa shape index (κ3) is 1.67. The van der Waals surface area contributed by atoms with E-state index in [1.165, 1.54) is 0 Å². The summed E-state index contributed by atoms with van der Waals surface area (Å²) in [6.07, 6.45) is 2.19. The molecule has 3 nitrogen and oxygen atoms in total. The molecule has 1 aliphatic heterocycles. The third-order valence-corrected chi connectivity index (χ3v) is 2.39. The van der Waals surface area contributed by atoms with Gasteiger partial charge in [0.15, 0.2) is 0 Å². The first-order valence-corrected chi connectivity index (χ1v) is 4.62. The molecule has 1 unspecified atom stereocenters. The Balaban J connectivity index is 2.62. The first kappa shape index (κ1) is 8.84. The van der Waals surface area contributed by atoms with E-state index in [1.54, 1.807) is 0 Å². The highest BCUT2D eigenvalue weighted by Crippen LogP contribution is 2.21. The van der Waals surface area contributed by atoms with Crippen LogP contribution in [-0.4, -0.2) is 28.0 Å². The SMILES string of the molecule is CCN1N=CN(Br)C1C(C)C. The van der Waals surface area contributed by atoms with Crippen LogP contribution in [0.1, 0.15) is 20.8 Å². The molecule has 0 spiro atoms. The van der Waals surface area contributed by atoms with Crippen LogP contribution >= 0.6 is 16.1 Å². The quantitative estimate of drug-likeness (QED) is 0.661. The predicted octanol–water partition coefficient (Wildman–Crippen LogP) is 1.86. The van der Waals surface area contributed by atoms with E-state index in [9.17, 15) is 0 Å². The maximum atomic E-state index is 4.23. The van der Waals surface area contributed by atoms with E-state index in [1.807, 2.05) is 10.3 Å². The molecule has 4 heteroatoms. The van der Waals surface area contributed by atoms with E-state index in [2.05, 4.69) is 47.0 Å². The number of halogens is 1. The molecule has 0 amide bonds. The molecule has 1 rings (SSSR count). The molecule has 0 aromatic carbocycles. The lowest BCUT2D eigenvalue weighted by atomic mass is 10.1. The fourth-order valence-electron chi connectivity index (χ4n) is 1.28. The van der Waals surface area contributed by atoms with Gasteiger partial charge in [0, 0.05) is 6.54 Å². The predicted molar refractivity (Wildman–Crippen MR) is 50.3 cm³/mol. The van der Waals surface area contributed by atoms with Crippen molar-refractivity contribution in [3.63, 3.8) is 0 Å². The monoisotopic (exact) mass is 219 g/mol. The lowest BCUT2D eigenvalue weighted by Gasteiger charge is -2.28. The van der Waals surface area contributed by atoms with Gasteiger partial charge in [-0.15, -0.1) is 0 Å². The van der Waals surface area contributed by atoms with E-state index >= 15 is 0 Å². The Morgan fingerprint density at radius 1 is 1.64 bits per heavy atom. The van der Waals surface area contributed by atoms with Crippen LogP contribution in [0.4, 0.5) is 0 Å². The lowest BCUT2D eigenvalue weighted by molar-refractivity contribution is 0.144. The molecule has 1 aliphatic rings. The van der Waals surface area contributed by atoms with Gasteiger partial charge in [-0.2, -0.15) is 5.10 Å². The van der Waals surface area contributed by atoms with Gasteiger partial charge in [-0.1, -0.05) is 13.8 Å². The van der Waals surface area contributed by atoms with Crippen molar-refractivity contribution in [3.8, 4) is 0 Å². The minimum Gasteiger partial charge on any atom is -0.274 e. The molecule has 0 radical (unpaired) electrons. The van der Waals surface area contributed by atoms with E-state index < -0.39 is 0 Å². The Morgan fingerprint density at radius 2 is 2.27 bits per heavy atom. The molecule has 11 heavy (non-hydrogen) atoms. The molecule has 1 heterocycles. The second-order valence-corrected chi connectivity index (χ2v) is 3.81. The van der Waals surface area contributed by atoms with Crippen LogP contribution in [0.15, 0.2) is 5.10 Å². The maximum absolute atomic E-state index is 4.23. The van der Waals surface area contributed by atoms with Gasteiger partial charge >= 0.3 is 0 Å². The zero-order valence-electron chi connectivity index (χ0n) is 7.16. The minimum absolute atomic E-state index is 0.375. The molecule has 0 bridgehead atoms. The molecular weight excluding hydrogens is 206 g/mol. The van der Waals surface area contributed by atoms with Gasteiger partial charge in [-0.3, -0.25) is 8.93 Å². The summed E-state index contributed by atoms with van der Waals surface area (Å²) in [5, 5.41) is 6.29. The van der Waals surface area contributed by atoms with Gasteiger partial charge in [0.25, 0.3) is 0 Å². The second kappa shape index (κ2) is 3.43. The van der Waals surface area contributed by atoms with Crippen LogP contribution in [0.3, 0.4) is 0 Å². The molecule has 0 fully saturated rings. The summed E-state index contributed by atoms with van der Waals surface area (Å²) in [4.78, 5) is 0. The van der Waals surface area contributed by atoms with Crippen LogP contribution in [0.5, 0.6) is 0 Å². The Labute approximate surface area is 76.4 Å². The van der Waals surface area contributed by atoms with Crippen LogP contribution < -0.4 is 0 Å². The number of hydrazone groups is 1. The number of hydrogen-bond acceptors (Lipinski definition) is 3. The van der Waals surface area contributed by atoms with Crippen molar-refractivity contribution in [1.82, 2.24) is 8.93 Å². The van der Waals surface area contributed by atoms with Crippen LogP contribution in [0.25, 0.3) is 0 Å². The van der Waals surface area contributed by atoms with Crippen LogP contribution in [-0.2, 0) is 0 Å². The number of hydrogen-bond donors (Lipinski definition) is 0. The normalized spacial score (nSPS) is 23.9. The van der Waals surface area contributed by atoms with Gasteiger partial charge in [-0.05, 0) is 12.8 Å². The van der Waals surface area contributed by atoms with E-state index in [0.717, 1.165) is 6.54 Å². The largest absolute Gasteiger partial charge is 0.274 e. The average Bonchev–Trinajstić information content (AvgIpc) is 2.30. The fourth-order valence-corrected chi connectivity index (χ4v) is 2.04. The molecule has 0 aromatic rings. The van der Waals surface area contributed by atoms with Gasteiger partial charge in [0.1, 0.15) is 12.5 Å². The summed E-state index contributed by atoms with van der Waals surface area (Å²) in [7, 11) is 0. The summed E-state index contributed by atoms with van der Waals surface area (Å²) in [5.41, 5.74) is 0. The summed E-state index contributed by atoms with van der Waals surface area (Å²) in [6, 6.07) is 0. The summed E-state index contributed by atoms with van der Waals surface area (Å²) in [6.45, 7) is 7.45. The Kier molecular flexibility index (Phi) is 2.76. The van der Waals surface area contributed by atoms with Crippen LogP contribution in [0.2, 0.25) is 0 Å². The first-order chi connectivity index (χ1) is 5.16. The third-order valence-electron chi connectivity index (χ3n) is 1.79. The molecule has 0 saturated carbocycles. The van der Waals surface area contributed by atoms with Gasteiger partial charge in [0.05, 0.1) is 16.1 Å². The van der Waals surface area contributed by atoms with Crippen molar-refractivity contribution in [2.24, 2.45) is 11.0 Å². The summed E-state index contributed by atoms with van der Waals surface area (Å²) >= 11 is 3.43. The highest BCUT2D eigenvalue weighted by molar-refractivity contribution is 9.07. The smallest absolute Gasteiger partial charge is 0.132 e. The topological polar surface area (TPSA) is 18.8 Å². The molecule has 1 atom stereocenters. The Bertz CT molecular complexity index is 158. The standard InChI is InChI=1S/C7H14BrN3/c1-4-11-7(6(2)3)10(8)5-9-11/h5-7H,4H2,1-3H3. The van der Waals surface area contributed by atoms with Crippen molar-refractivity contribution < 1.29 is 0 Å². The Hall–Kier alpha value is -0.250. The highest BCUT2D eigenvalue weighted by Gasteiger charge is 2.27. The highest BCUT2D eigenvalue weighted by atomic mass is 79.9. The van der Waals surface area contributed by atoms with Gasteiger partial charge < -0.3 is 0 Å². The van der Waals surface area contributed by atoms with E-state index in [4.69, 9.17) is 0 Å². The molecule has 0 N–H and O–H groups in total. The van der Waals surface area contributed by atoms with Crippen molar-refractivity contribution in [3.05, 3.63) is 0 Å². The molecule has 0 aliphatic carbocycles. The van der Waals surface area contributed by atoms with Crippen molar-refractivity contribution in [2.75, 3.05) is 6.54 Å². The number of nitrogens with zero attached hydrogens (tertiary/aromatic N) is 3. The van der Waals surface area contributed by atoms with Gasteiger partial charge in [0.2, 0.25) is 0 Å². The van der Waals surface area contributed by atoms with E-state index in [0.29, 0.717) is 12.1 Å². The zero-order chi connectivity index (χ0) is 8.43. The van der Waals surface area contributed by atoms with Crippen LogP contribution in [0, 0.1) is 5.92 Å². The Morgan fingerprint density at radius 3 is 2.64 bits per heavy atom. The van der Waals surface area contributed by atoms with E-state index in [-0.39, 0.29) is 0 Å². The van der Waals surface area contributed by atoms with Crippen molar-refractivity contribution in [1.29, 1.82) is 0 Å². The number of rotatable bonds is 2. The maximum Gasteiger partial charge on any atom is 0.132 e. The van der Waals surface area contributed by atoms with Crippen molar-refractivity contribution >= 4 is 22.5 Å². The lowest BCUT2D eigenvalue weighted by Crippen LogP contribution is -2.38. The van der Waals surface area contributed by atoms with Crippen molar-refractivity contribution in [2.45, 2.75) is 26.9 Å². The minimum atomic E-state index is 0.375. The first-order valence-electron chi connectivity index (χ1n) is 3.91. The zero-order valence-corrected chi connectivity index (χ0v) is 8.74. The molecule has 64 valence electrons. The van der Waals surface area contributed by atoms with Gasteiger partial charge in [-0.25, -0.2) is 0 Å². The molecular formula is C7H14BrN3.